The number of alkyl halides is 1. The molecule has 0 spiro atoms. The second-order valence-electron chi connectivity index (χ2n) is 4.17. The van der Waals surface area contributed by atoms with Crippen LogP contribution in [0.1, 0.15) is 29.1 Å². The van der Waals surface area contributed by atoms with E-state index >= 15 is 0 Å². The van der Waals surface area contributed by atoms with Gasteiger partial charge in [0.15, 0.2) is 0 Å². The number of aromatic nitrogens is 1. The van der Waals surface area contributed by atoms with Gasteiger partial charge in [-0.25, -0.2) is 0 Å². The number of fused-ring (bicyclic) bond motifs is 1. The van der Waals surface area contributed by atoms with E-state index in [0.717, 1.165) is 18.7 Å². The lowest BCUT2D eigenvalue weighted by molar-refractivity contribution is 0.498. The lowest BCUT2D eigenvalue weighted by atomic mass is 10.0. The van der Waals surface area contributed by atoms with E-state index in [1.165, 1.54) is 10.4 Å². The van der Waals surface area contributed by atoms with Crippen LogP contribution in [0, 0.1) is 0 Å². The molecule has 3 heterocycles. The molecular formula is C12H13ClN2OS. The maximum Gasteiger partial charge on any atom is 0.297 e. The summed E-state index contributed by atoms with van der Waals surface area (Å²) >= 11 is 7.58. The Kier molecular flexibility index (Phi) is 2.84. The van der Waals surface area contributed by atoms with Crippen molar-refractivity contribution in [1.82, 2.24) is 4.98 Å². The van der Waals surface area contributed by atoms with Crippen molar-refractivity contribution in [3.8, 4) is 0 Å². The number of hydrogen-bond acceptors (Lipinski definition) is 4. The molecular weight excluding hydrogens is 256 g/mol. The first-order chi connectivity index (χ1) is 8.29. The fourth-order valence-electron chi connectivity index (χ4n) is 2.26. The second-order valence-corrected chi connectivity index (χ2v) is 5.44. The van der Waals surface area contributed by atoms with Crippen molar-refractivity contribution < 1.29 is 4.42 Å². The summed E-state index contributed by atoms with van der Waals surface area (Å²) < 4.78 is 5.49. The quantitative estimate of drug-likeness (QED) is 0.780. The Morgan fingerprint density at radius 1 is 1.65 bits per heavy atom. The molecule has 17 heavy (non-hydrogen) atoms. The fourth-order valence-corrected chi connectivity index (χ4v) is 3.35. The predicted molar refractivity (Wildman–Crippen MR) is 69.8 cm³/mol. The number of halogens is 1. The number of rotatable bonds is 2. The molecule has 3 nitrogen and oxygen atoms in total. The first-order valence-corrected chi connectivity index (χ1v) is 7.04. The summed E-state index contributed by atoms with van der Waals surface area (Å²) in [7, 11) is 0. The topological polar surface area (TPSA) is 29.3 Å². The zero-order valence-electron chi connectivity index (χ0n) is 9.52. The highest BCUT2D eigenvalue weighted by molar-refractivity contribution is 7.10. The van der Waals surface area contributed by atoms with Gasteiger partial charge in [-0.15, -0.1) is 22.9 Å². The summed E-state index contributed by atoms with van der Waals surface area (Å²) in [5, 5.41) is 2.16. The molecule has 0 aromatic carbocycles. The second kappa shape index (κ2) is 4.35. The molecule has 90 valence electrons. The van der Waals surface area contributed by atoms with Gasteiger partial charge in [0.05, 0.1) is 17.6 Å². The molecule has 1 atom stereocenters. The van der Waals surface area contributed by atoms with Crippen LogP contribution in [0.3, 0.4) is 0 Å². The minimum Gasteiger partial charge on any atom is -0.432 e. The van der Waals surface area contributed by atoms with Crippen LogP contribution in [0.25, 0.3) is 0 Å². The molecule has 2 aromatic rings. The zero-order valence-corrected chi connectivity index (χ0v) is 11.1. The number of oxazole rings is 1. The average Bonchev–Trinajstić information content (AvgIpc) is 2.97. The Bertz CT molecular complexity index is 522. The normalized spacial score (nSPS) is 19.4. The van der Waals surface area contributed by atoms with E-state index in [1.54, 1.807) is 6.26 Å². The average molecular weight is 269 g/mol. The highest BCUT2D eigenvalue weighted by atomic mass is 35.5. The van der Waals surface area contributed by atoms with Crippen molar-refractivity contribution in [1.29, 1.82) is 0 Å². The van der Waals surface area contributed by atoms with Crippen molar-refractivity contribution in [2.45, 2.75) is 25.3 Å². The molecule has 0 radical (unpaired) electrons. The Labute approximate surface area is 109 Å². The van der Waals surface area contributed by atoms with Crippen LogP contribution in [-0.2, 0) is 12.3 Å². The number of anilines is 1. The summed E-state index contributed by atoms with van der Waals surface area (Å²) in [4.78, 5) is 8.07. The van der Waals surface area contributed by atoms with Gasteiger partial charge in [0, 0.05) is 11.4 Å². The molecule has 1 aliphatic heterocycles. The first kappa shape index (κ1) is 11.1. The highest BCUT2D eigenvalue weighted by Crippen LogP contribution is 2.35. The van der Waals surface area contributed by atoms with Crippen molar-refractivity contribution >= 4 is 29.0 Å². The van der Waals surface area contributed by atoms with Gasteiger partial charge in [0.2, 0.25) is 0 Å². The SMILES string of the molecule is CC1c2ccsc2CCN1c1nc(CCl)co1. The van der Waals surface area contributed by atoms with Crippen molar-refractivity contribution in [2.24, 2.45) is 0 Å². The van der Waals surface area contributed by atoms with Crippen LogP contribution in [0.15, 0.2) is 22.1 Å². The molecule has 5 heteroatoms. The summed E-state index contributed by atoms with van der Waals surface area (Å²) in [6.07, 6.45) is 2.70. The summed E-state index contributed by atoms with van der Waals surface area (Å²) in [6.45, 7) is 3.15. The Morgan fingerprint density at radius 3 is 3.29 bits per heavy atom. The van der Waals surface area contributed by atoms with Crippen molar-refractivity contribution in [3.05, 3.63) is 33.8 Å². The first-order valence-electron chi connectivity index (χ1n) is 5.63. The summed E-state index contributed by atoms with van der Waals surface area (Å²) in [5.74, 6) is 0.398. The van der Waals surface area contributed by atoms with Crippen LogP contribution < -0.4 is 4.90 Å². The molecule has 0 bridgehead atoms. The van der Waals surface area contributed by atoms with Crippen LogP contribution in [-0.4, -0.2) is 11.5 Å². The van der Waals surface area contributed by atoms with Crippen LogP contribution in [0.2, 0.25) is 0 Å². The predicted octanol–water partition coefficient (Wildman–Crippen LogP) is 3.60. The van der Waals surface area contributed by atoms with E-state index in [0.29, 0.717) is 17.9 Å². The van der Waals surface area contributed by atoms with Crippen molar-refractivity contribution in [2.75, 3.05) is 11.4 Å². The third-order valence-corrected chi connectivity index (χ3v) is 4.47. The summed E-state index contributed by atoms with van der Waals surface area (Å²) in [6, 6.07) is 3.21. The smallest absolute Gasteiger partial charge is 0.297 e. The third kappa shape index (κ3) is 1.85. The van der Waals surface area contributed by atoms with Gasteiger partial charge in [-0.05, 0) is 30.4 Å². The number of thiophene rings is 1. The number of hydrogen-bond donors (Lipinski definition) is 0. The maximum absolute atomic E-state index is 5.74. The maximum atomic E-state index is 5.74. The monoisotopic (exact) mass is 268 g/mol. The molecule has 1 unspecified atom stereocenters. The standard InChI is InChI=1S/C12H13ClN2OS/c1-8-10-3-5-17-11(10)2-4-15(8)12-14-9(6-13)7-16-12/h3,5,7-8H,2,4,6H2,1H3. The molecule has 0 aliphatic carbocycles. The molecule has 0 saturated heterocycles. The van der Waals surface area contributed by atoms with E-state index in [9.17, 15) is 0 Å². The van der Waals surface area contributed by atoms with Gasteiger partial charge in [-0.2, -0.15) is 4.98 Å². The van der Waals surface area contributed by atoms with Gasteiger partial charge in [0.25, 0.3) is 6.01 Å². The van der Waals surface area contributed by atoms with Crippen LogP contribution >= 0.6 is 22.9 Å². The van der Waals surface area contributed by atoms with E-state index in [-0.39, 0.29) is 0 Å². The summed E-state index contributed by atoms with van der Waals surface area (Å²) in [5.41, 5.74) is 2.19. The van der Waals surface area contributed by atoms with Gasteiger partial charge >= 0.3 is 0 Å². The van der Waals surface area contributed by atoms with Gasteiger partial charge in [-0.3, -0.25) is 0 Å². The lowest BCUT2D eigenvalue weighted by Gasteiger charge is -2.32. The van der Waals surface area contributed by atoms with E-state index in [1.807, 2.05) is 11.3 Å². The van der Waals surface area contributed by atoms with E-state index in [4.69, 9.17) is 16.0 Å². The molecule has 1 aliphatic rings. The van der Waals surface area contributed by atoms with E-state index < -0.39 is 0 Å². The molecule has 3 rings (SSSR count). The lowest BCUT2D eigenvalue weighted by Crippen LogP contribution is -2.33. The third-order valence-electron chi connectivity index (χ3n) is 3.20. The minimum atomic E-state index is 0.326. The molecule has 2 aromatic heterocycles. The van der Waals surface area contributed by atoms with Crippen LogP contribution in [0.4, 0.5) is 6.01 Å². The van der Waals surface area contributed by atoms with Crippen molar-refractivity contribution in [3.63, 3.8) is 0 Å². The molecule has 0 fully saturated rings. The number of nitrogens with zero attached hydrogens (tertiary/aromatic N) is 2. The molecule has 0 N–H and O–H groups in total. The Balaban J connectivity index is 1.91. The Morgan fingerprint density at radius 2 is 2.53 bits per heavy atom. The van der Waals surface area contributed by atoms with Crippen LogP contribution in [0.5, 0.6) is 0 Å². The van der Waals surface area contributed by atoms with E-state index in [2.05, 4.69) is 28.3 Å². The Hall–Kier alpha value is -1.00. The highest BCUT2D eigenvalue weighted by Gasteiger charge is 2.27. The molecule has 0 saturated carbocycles. The van der Waals surface area contributed by atoms with Gasteiger partial charge in [-0.1, -0.05) is 0 Å². The zero-order chi connectivity index (χ0) is 11.8. The fraction of sp³-hybridized carbons (Fsp3) is 0.417. The van der Waals surface area contributed by atoms with Gasteiger partial charge < -0.3 is 9.32 Å². The molecule has 0 amide bonds. The largest absolute Gasteiger partial charge is 0.432 e. The van der Waals surface area contributed by atoms with Gasteiger partial charge in [0.1, 0.15) is 6.26 Å². The minimum absolute atomic E-state index is 0.326.